The van der Waals surface area contributed by atoms with Gasteiger partial charge in [-0.3, -0.25) is 0 Å². The van der Waals surface area contributed by atoms with Crippen LogP contribution < -0.4 is 0 Å². The Morgan fingerprint density at radius 1 is 0.826 bits per heavy atom. The Balaban J connectivity index is 4.67. The van der Waals surface area contributed by atoms with Gasteiger partial charge in [0.2, 0.25) is 0 Å². The molecule has 0 bridgehead atoms. The van der Waals surface area contributed by atoms with Crippen LogP contribution in [0.25, 0.3) is 0 Å². The lowest BCUT2D eigenvalue weighted by atomic mass is 10.0. The Bertz CT molecular complexity index is 314. The number of methoxy groups -OCH3 is 2. The summed E-state index contributed by atoms with van der Waals surface area (Å²) in [5.74, 6) is 0. The molecule has 4 unspecified atom stereocenters. The molecular formula is C18H34O5. The minimum atomic E-state index is -0.654. The van der Waals surface area contributed by atoms with Crippen LogP contribution in [0.2, 0.25) is 0 Å². The van der Waals surface area contributed by atoms with Crippen molar-refractivity contribution in [2.75, 3.05) is 40.6 Å². The predicted molar refractivity (Wildman–Crippen MR) is 92.9 cm³/mol. The van der Waals surface area contributed by atoms with Crippen LogP contribution in [0.4, 0.5) is 0 Å². The molecule has 0 saturated heterocycles. The smallest absolute Gasteiger partial charge is 0.108 e. The zero-order valence-corrected chi connectivity index (χ0v) is 15.6. The SMILES string of the molecule is C=CC(C)(COC(C)COC)OC(C)(C=C)COC(C)COC. The molecule has 0 fully saturated rings. The van der Waals surface area contributed by atoms with E-state index in [1.165, 1.54) is 0 Å². The minimum Gasteiger partial charge on any atom is -0.382 e. The summed E-state index contributed by atoms with van der Waals surface area (Å²) in [6.45, 7) is 17.3. The minimum absolute atomic E-state index is 0.0177. The number of rotatable bonds is 14. The lowest BCUT2D eigenvalue weighted by Gasteiger charge is -2.37. The molecule has 0 aliphatic heterocycles. The van der Waals surface area contributed by atoms with Crippen LogP contribution in [0, 0.1) is 0 Å². The number of ether oxygens (including phenoxy) is 5. The van der Waals surface area contributed by atoms with Crippen LogP contribution in [0.3, 0.4) is 0 Å². The second-order valence-corrected chi connectivity index (χ2v) is 6.29. The maximum Gasteiger partial charge on any atom is 0.108 e. The molecule has 0 rings (SSSR count). The molecule has 5 heteroatoms. The number of hydrogen-bond acceptors (Lipinski definition) is 5. The molecule has 4 atom stereocenters. The highest BCUT2D eigenvalue weighted by atomic mass is 16.6. The summed E-state index contributed by atoms with van der Waals surface area (Å²) in [4.78, 5) is 0. The van der Waals surface area contributed by atoms with Gasteiger partial charge in [0, 0.05) is 14.2 Å². The zero-order valence-electron chi connectivity index (χ0n) is 15.6. The molecule has 0 spiro atoms. The van der Waals surface area contributed by atoms with Crippen LogP contribution in [0.15, 0.2) is 25.3 Å². The van der Waals surface area contributed by atoms with Crippen LogP contribution in [-0.2, 0) is 23.7 Å². The Morgan fingerprint density at radius 2 is 1.17 bits per heavy atom. The first-order chi connectivity index (χ1) is 10.7. The third kappa shape index (κ3) is 9.23. The van der Waals surface area contributed by atoms with Crippen LogP contribution in [-0.4, -0.2) is 64.1 Å². The summed E-state index contributed by atoms with van der Waals surface area (Å²) in [5.41, 5.74) is -1.31. The maximum atomic E-state index is 6.21. The highest BCUT2D eigenvalue weighted by Gasteiger charge is 2.33. The van der Waals surface area contributed by atoms with Gasteiger partial charge in [-0.15, -0.1) is 13.2 Å². The van der Waals surface area contributed by atoms with E-state index in [2.05, 4.69) is 13.2 Å². The van der Waals surface area contributed by atoms with Gasteiger partial charge in [-0.2, -0.15) is 0 Å². The van der Waals surface area contributed by atoms with Gasteiger partial charge in [-0.1, -0.05) is 12.2 Å². The fourth-order valence-corrected chi connectivity index (χ4v) is 1.97. The van der Waals surface area contributed by atoms with E-state index in [-0.39, 0.29) is 12.2 Å². The van der Waals surface area contributed by atoms with Crippen molar-refractivity contribution >= 4 is 0 Å². The van der Waals surface area contributed by atoms with E-state index in [1.54, 1.807) is 26.4 Å². The first-order valence-corrected chi connectivity index (χ1v) is 7.92. The summed E-state index contributed by atoms with van der Waals surface area (Å²) < 4.78 is 27.9. The third-order valence-corrected chi connectivity index (χ3v) is 3.44. The first kappa shape index (κ1) is 22.3. The molecule has 5 nitrogen and oxygen atoms in total. The third-order valence-electron chi connectivity index (χ3n) is 3.44. The van der Waals surface area contributed by atoms with E-state index in [9.17, 15) is 0 Å². The van der Waals surface area contributed by atoms with Crippen molar-refractivity contribution in [1.29, 1.82) is 0 Å². The van der Waals surface area contributed by atoms with Gasteiger partial charge in [-0.05, 0) is 27.7 Å². The predicted octanol–water partition coefficient (Wildman–Crippen LogP) is 3.00. The lowest BCUT2D eigenvalue weighted by Crippen LogP contribution is -2.45. The lowest BCUT2D eigenvalue weighted by molar-refractivity contribution is -0.163. The Hall–Kier alpha value is -0.720. The molecule has 23 heavy (non-hydrogen) atoms. The summed E-state index contributed by atoms with van der Waals surface area (Å²) in [6, 6.07) is 0. The molecule has 0 aromatic carbocycles. The average molecular weight is 330 g/mol. The molecule has 0 aromatic rings. The molecule has 0 aromatic heterocycles. The normalized spacial score (nSPS) is 19.4. The van der Waals surface area contributed by atoms with Gasteiger partial charge in [0.25, 0.3) is 0 Å². The van der Waals surface area contributed by atoms with E-state index >= 15 is 0 Å². The fourth-order valence-electron chi connectivity index (χ4n) is 1.97. The molecule has 0 amide bonds. The largest absolute Gasteiger partial charge is 0.382 e. The topological polar surface area (TPSA) is 46.2 Å². The highest BCUT2D eigenvalue weighted by molar-refractivity contribution is 5.02. The standard InChI is InChI=1S/C18H34O5/c1-9-17(5,13-21-15(3)11-19-7)23-18(6,10-2)14-22-16(4)12-20-8/h9-10,15-16H,1-2,11-14H2,3-8H3. The van der Waals surface area contributed by atoms with E-state index in [4.69, 9.17) is 23.7 Å². The Kier molecular flexibility index (Phi) is 10.6. The molecule has 136 valence electrons. The van der Waals surface area contributed by atoms with E-state index in [0.717, 1.165) is 0 Å². The van der Waals surface area contributed by atoms with E-state index < -0.39 is 11.2 Å². The molecule has 0 saturated carbocycles. The molecule has 0 radical (unpaired) electrons. The van der Waals surface area contributed by atoms with Crippen molar-refractivity contribution in [3.8, 4) is 0 Å². The second kappa shape index (κ2) is 10.9. The monoisotopic (exact) mass is 330 g/mol. The quantitative estimate of drug-likeness (QED) is 0.458. The van der Waals surface area contributed by atoms with Crippen molar-refractivity contribution in [3.05, 3.63) is 25.3 Å². The van der Waals surface area contributed by atoms with Gasteiger partial charge in [0.15, 0.2) is 0 Å². The van der Waals surface area contributed by atoms with E-state index in [1.807, 2.05) is 27.7 Å². The van der Waals surface area contributed by atoms with Gasteiger partial charge >= 0.3 is 0 Å². The average Bonchev–Trinajstić information content (AvgIpc) is 2.52. The van der Waals surface area contributed by atoms with Crippen LogP contribution >= 0.6 is 0 Å². The van der Waals surface area contributed by atoms with Crippen molar-refractivity contribution in [1.82, 2.24) is 0 Å². The van der Waals surface area contributed by atoms with Gasteiger partial charge < -0.3 is 23.7 Å². The van der Waals surface area contributed by atoms with Crippen molar-refractivity contribution in [3.63, 3.8) is 0 Å². The first-order valence-electron chi connectivity index (χ1n) is 7.92. The summed E-state index contributed by atoms with van der Waals surface area (Å²) in [6.07, 6.45) is 3.45. The molecule has 0 aliphatic rings. The van der Waals surface area contributed by atoms with Gasteiger partial charge in [0.1, 0.15) is 11.2 Å². The summed E-state index contributed by atoms with van der Waals surface area (Å²) in [7, 11) is 3.30. The van der Waals surface area contributed by atoms with E-state index in [0.29, 0.717) is 26.4 Å². The number of hydrogen-bond donors (Lipinski definition) is 0. The van der Waals surface area contributed by atoms with Crippen molar-refractivity contribution in [2.45, 2.75) is 51.1 Å². The highest BCUT2D eigenvalue weighted by Crippen LogP contribution is 2.25. The maximum absolute atomic E-state index is 6.21. The summed E-state index contributed by atoms with van der Waals surface area (Å²) >= 11 is 0. The van der Waals surface area contributed by atoms with Gasteiger partial charge in [0.05, 0.1) is 38.6 Å². The molecule has 0 aliphatic carbocycles. The fraction of sp³-hybridized carbons (Fsp3) is 0.778. The van der Waals surface area contributed by atoms with Crippen LogP contribution in [0.1, 0.15) is 27.7 Å². The van der Waals surface area contributed by atoms with Crippen molar-refractivity contribution in [2.24, 2.45) is 0 Å². The molecule has 0 heterocycles. The second-order valence-electron chi connectivity index (χ2n) is 6.29. The van der Waals surface area contributed by atoms with Crippen LogP contribution in [0.5, 0.6) is 0 Å². The molecular weight excluding hydrogens is 296 g/mol. The summed E-state index contributed by atoms with van der Waals surface area (Å²) in [5, 5.41) is 0. The Morgan fingerprint density at radius 3 is 1.43 bits per heavy atom. The van der Waals surface area contributed by atoms with Crippen molar-refractivity contribution < 1.29 is 23.7 Å². The molecule has 0 N–H and O–H groups in total. The Labute approximate surface area is 141 Å². The van der Waals surface area contributed by atoms with Gasteiger partial charge in [-0.25, -0.2) is 0 Å². The zero-order chi connectivity index (χ0) is 17.9.